The molecule has 0 saturated heterocycles. The van der Waals surface area contributed by atoms with E-state index < -0.39 is 0 Å². The third-order valence-corrected chi connectivity index (χ3v) is 1.31. The summed E-state index contributed by atoms with van der Waals surface area (Å²) >= 11 is 0. The summed E-state index contributed by atoms with van der Waals surface area (Å²) in [6.07, 6.45) is 5.33. The summed E-state index contributed by atoms with van der Waals surface area (Å²) in [5.41, 5.74) is 0. The van der Waals surface area contributed by atoms with Gasteiger partial charge in [-0.05, 0) is 25.5 Å². The van der Waals surface area contributed by atoms with Gasteiger partial charge in [0.2, 0.25) is 0 Å². The highest BCUT2D eigenvalue weighted by atomic mass is 16.5. The second-order valence-corrected chi connectivity index (χ2v) is 2.21. The number of methoxy groups -OCH3 is 1. The maximum absolute atomic E-state index is 4.91. The molecule has 0 saturated carbocycles. The Labute approximate surface area is 63.3 Å². The average Bonchev–Trinajstić information content (AvgIpc) is 1.97. The highest BCUT2D eigenvalue weighted by Crippen LogP contribution is 1.93. The van der Waals surface area contributed by atoms with Gasteiger partial charge in [-0.1, -0.05) is 6.58 Å². The molecule has 0 spiro atoms. The quantitative estimate of drug-likeness (QED) is 0.546. The van der Waals surface area contributed by atoms with E-state index >= 15 is 0 Å². The van der Waals surface area contributed by atoms with Crippen molar-refractivity contribution in [2.24, 2.45) is 0 Å². The lowest BCUT2D eigenvalue weighted by atomic mass is 10.2. The molecule has 1 N–H and O–H groups in total. The summed E-state index contributed by atoms with van der Waals surface area (Å²) in [6, 6.07) is 0. The van der Waals surface area contributed by atoms with Gasteiger partial charge >= 0.3 is 0 Å². The van der Waals surface area contributed by atoms with Gasteiger partial charge < -0.3 is 10.1 Å². The molecular formula is C8H17NO. The Kier molecular flexibility index (Phi) is 8.07. The normalized spacial score (nSPS) is 9.30. The van der Waals surface area contributed by atoms with Crippen molar-refractivity contribution in [1.82, 2.24) is 5.32 Å². The summed E-state index contributed by atoms with van der Waals surface area (Å²) in [7, 11) is 1.74. The monoisotopic (exact) mass is 143 g/mol. The molecule has 60 valence electrons. The van der Waals surface area contributed by atoms with Crippen molar-refractivity contribution < 1.29 is 4.74 Å². The molecular weight excluding hydrogens is 126 g/mol. The van der Waals surface area contributed by atoms with Crippen LogP contribution < -0.4 is 5.32 Å². The first-order valence-electron chi connectivity index (χ1n) is 3.75. The molecule has 0 fully saturated rings. The van der Waals surface area contributed by atoms with E-state index in [4.69, 9.17) is 4.74 Å². The molecule has 0 radical (unpaired) electrons. The van der Waals surface area contributed by atoms with Gasteiger partial charge in [0.15, 0.2) is 0 Å². The summed E-state index contributed by atoms with van der Waals surface area (Å²) in [5.74, 6) is 0. The fourth-order valence-corrected chi connectivity index (χ4v) is 0.752. The Morgan fingerprint density at radius 3 is 2.80 bits per heavy atom. The number of hydrogen-bond acceptors (Lipinski definition) is 2. The molecule has 0 aliphatic rings. The van der Waals surface area contributed by atoms with Crippen molar-refractivity contribution in [3.05, 3.63) is 12.8 Å². The third kappa shape index (κ3) is 7.50. The molecule has 0 amide bonds. The molecule has 0 atom stereocenters. The standard InChI is InChI=1S/C8H17NO/c1-3-9-7-5-4-6-8-10-2/h3,9H,1,4-8H2,2H3. The van der Waals surface area contributed by atoms with Gasteiger partial charge in [0.05, 0.1) is 0 Å². The smallest absolute Gasteiger partial charge is 0.0462 e. The Morgan fingerprint density at radius 1 is 1.40 bits per heavy atom. The van der Waals surface area contributed by atoms with E-state index in [9.17, 15) is 0 Å². The second kappa shape index (κ2) is 8.50. The lowest BCUT2D eigenvalue weighted by Gasteiger charge is -1.99. The minimum absolute atomic E-state index is 0.883. The van der Waals surface area contributed by atoms with Crippen molar-refractivity contribution >= 4 is 0 Å². The molecule has 0 rings (SSSR count). The van der Waals surface area contributed by atoms with Crippen molar-refractivity contribution in [3.8, 4) is 0 Å². The zero-order valence-electron chi connectivity index (χ0n) is 6.73. The first-order chi connectivity index (χ1) is 4.91. The van der Waals surface area contributed by atoms with Gasteiger partial charge in [0.25, 0.3) is 0 Å². The molecule has 10 heavy (non-hydrogen) atoms. The van der Waals surface area contributed by atoms with Crippen LogP contribution in [0.25, 0.3) is 0 Å². The van der Waals surface area contributed by atoms with Crippen molar-refractivity contribution in [2.45, 2.75) is 19.3 Å². The highest BCUT2D eigenvalue weighted by molar-refractivity contribution is 4.61. The maximum Gasteiger partial charge on any atom is 0.0462 e. The number of unbranched alkanes of at least 4 members (excludes halogenated alkanes) is 2. The number of ether oxygens (including phenoxy) is 1. The van der Waals surface area contributed by atoms with Crippen LogP contribution >= 0.6 is 0 Å². The number of nitrogens with one attached hydrogen (secondary N) is 1. The SMILES string of the molecule is C=CNCCCCCOC. The minimum atomic E-state index is 0.883. The van der Waals surface area contributed by atoms with Gasteiger partial charge in [-0.3, -0.25) is 0 Å². The molecule has 2 nitrogen and oxygen atoms in total. The molecule has 0 aliphatic carbocycles. The topological polar surface area (TPSA) is 21.3 Å². The zero-order chi connectivity index (χ0) is 7.66. The fourth-order valence-electron chi connectivity index (χ4n) is 0.752. The van der Waals surface area contributed by atoms with E-state index in [0.29, 0.717) is 0 Å². The summed E-state index contributed by atoms with van der Waals surface area (Å²) in [4.78, 5) is 0. The van der Waals surface area contributed by atoms with Gasteiger partial charge in [0, 0.05) is 20.3 Å². The summed E-state index contributed by atoms with van der Waals surface area (Å²) < 4.78 is 4.91. The lowest BCUT2D eigenvalue weighted by Crippen LogP contribution is -2.05. The highest BCUT2D eigenvalue weighted by Gasteiger charge is 1.85. The van der Waals surface area contributed by atoms with Gasteiger partial charge in [-0.15, -0.1) is 0 Å². The minimum Gasteiger partial charge on any atom is -0.391 e. The molecule has 0 aromatic carbocycles. The van der Waals surface area contributed by atoms with Crippen molar-refractivity contribution in [2.75, 3.05) is 20.3 Å². The fraction of sp³-hybridized carbons (Fsp3) is 0.750. The predicted molar refractivity (Wildman–Crippen MR) is 43.9 cm³/mol. The first-order valence-corrected chi connectivity index (χ1v) is 3.75. The van der Waals surface area contributed by atoms with Crippen LogP contribution in [0.3, 0.4) is 0 Å². The van der Waals surface area contributed by atoms with Crippen molar-refractivity contribution in [3.63, 3.8) is 0 Å². The van der Waals surface area contributed by atoms with E-state index in [0.717, 1.165) is 19.6 Å². The second-order valence-electron chi connectivity index (χ2n) is 2.21. The van der Waals surface area contributed by atoms with Crippen LogP contribution in [0.15, 0.2) is 12.8 Å². The Morgan fingerprint density at radius 2 is 2.20 bits per heavy atom. The Balaban J connectivity index is 2.70. The first kappa shape index (κ1) is 9.50. The average molecular weight is 143 g/mol. The van der Waals surface area contributed by atoms with E-state index in [1.54, 1.807) is 13.3 Å². The molecule has 0 bridgehead atoms. The number of hydrogen-bond donors (Lipinski definition) is 1. The van der Waals surface area contributed by atoms with Crippen LogP contribution in [0.2, 0.25) is 0 Å². The summed E-state index contributed by atoms with van der Waals surface area (Å²) in [5, 5.41) is 3.05. The molecule has 0 unspecified atom stereocenters. The Hall–Kier alpha value is -0.500. The van der Waals surface area contributed by atoms with Crippen LogP contribution in [0.4, 0.5) is 0 Å². The van der Waals surface area contributed by atoms with E-state index in [-0.39, 0.29) is 0 Å². The number of rotatable bonds is 7. The van der Waals surface area contributed by atoms with Gasteiger partial charge in [0.1, 0.15) is 0 Å². The van der Waals surface area contributed by atoms with Crippen LogP contribution in [0.5, 0.6) is 0 Å². The Bertz CT molecular complexity index is 73.7. The van der Waals surface area contributed by atoms with Crippen molar-refractivity contribution in [1.29, 1.82) is 0 Å². The zero-order valence-corrected chi connectivity index (χ0v) is 6.73. The van der Waals surface area contributed by atoms with E-state index in [2.05, 4.69) is 11.9 Å². The maximum atomic E-state index is 4.91. The largest absolute Gasteiger partial charge is 0.391 e. The molecule has 0 aromatic heterocycles. The van der Waals surface area contributed by atoms with E-state index in [1.165, 1.54) is 12.8 Å². The van der Waals surface area contributed by atoms with Gasteiger partial charge in [-0.2, -0.15) is 0 Å². The molecule has 0 heterocycles. The third-order valence-electron chi connectivity index (χ3n) is 1.31. The predicted octanol–water partition coefficient (Wildman–Crippen LogP) is 1.54. The van der Waals surface area contributed by atoms with Crippen LogP contribution in [-0.2, 0) is 4.74 Å². The lowest BCUT2D eigenvalue weighted by molar-refractivity contribution is 0.192. The summed E-state index contributed by atoms with van der Waals surface area (Å²) in [6.45, 7) is 5.48. The van der Waals surface area contributed by atoms with Crippen LogP contribution in [0, 0.1) is 0 Å². The van der Waals surface area contributed by atoms with Crippen LogP contribution in [0.1, 0.15) is 19.3 Å². The molecule has 0 aliphatic heterocycles. The van der Waals surface area contributed by atoms with E-state index in [1.807, 2.05) is 0 Å². The van der Waals surface area contributed by atoms with Crippen LogP contribution in [-0.4, -0.2) is 20.3 Å². The molecule has 2 heteroatoms. The molecule has 0 aromatic rings. The van der Waals surface area contributed by atoms with Gasteiger partial charge in [-0.25, -0.2) is 0 Å².